The highest BCUT2D eigenvalue weighted by molar-refractivity contribution is 7.26. The molecule has 74 heavy (non-hydrogen) atoms. The topological polar surface area (TPSA) is 43.6 Å². The Morgan fingerprint density at radius 2 is 0.662 bits per heavy atom. The van der Waals surface area contributed by atoms with E-state index in [2.05, 4.69) is 259 Å². The molecule has 3 aromatic heterocycles. The van der Waals surface area contributed by atoms with Gasteiger partial charge in [0.2, 0.25) is 0 Å². The molecule has 0 fully saturated rings. The van der Waals surface area contributed by atoms with Gasteiger partial charge in [0, 0.05) is 58.9 Å². The first-order valence-electron chi connectivity index (χ1n) is 25.0. The molecular weight excluding hydrogens is 917 g/mol. The van der Waals surface area contributed by atoms with Gasteiger partial charge in [-0.3, -0.25) is 0 Å². The van der Waals surface area contributed by atoms with Crippen LogP contribution in [0.2, 0.25) is 0 Å². The van der Waals surface area contributed by atoms with Gasteiger partial charge in [-0.1, -0.05) is 218 Å². The second-order valence-corrected chi connectivity index (χ2v) is 19.7. The quantitative estimate of drug-likeness (QED) is 0.145. The van der Waals surface area contributed by atoms with E-state index < -0.39 is 0 Å². The molecule has 0 atom stereocenters. The summed E-state index contributed by atoms with van der Waals surface area (Å²) in [5.74, 6) is 1.86. The lowest BCUT2D eigenvalue weighted by Gasteiger charge is -2.16. The average Bonchev–Trinajstić information content (AvgIpc) is 4.03. The average molecular weight is 961 g/mol. The van der Waals surface area contributed by atoms with E-state index in [0.717, 1.165) is 44.5 Å². The van der Waals surface area contributed by atoms with Crippen molar-refractivity contribution in [2.45, 2.75) is 0 Å². The number of benzene rings is 11. The molecule has 5 heteroatoms. The number of nitrogens with zero attached hydrogens (tertiary/aromatic N) is 4. The van der Waals surface area contributed by atoms with Gasteiger partial charge < -0.3 is 4.57 Å². The summed E-state index contributed by atoms with van der Waals surface area (Å²) < 4.78 is 5.00. The van der Waals surface area contributed by atoms with Crippen molar-refractivity contribution in [3.05, 3.63) is 267 Å². The van der Waals surface area contributed by atoms with Gasteiger partial charge in [0.15, 0.2) is 17.5 Å². The molecule has 0 saturated carbocycles. The third-order valence-electron chi connectivity index (χ3n) is 14.3. The molecule has 0 aliphatic carbocycles. The Kier molecular flexibility index (Phi) is 10.7. The van der Waals surface area contributed by atoms with Gasteiger partial charge in [-0.05, 0) is 98.6 Å². The van der Waals surface area contributed by atoms with Gasteiger partial charge in [-0.25, -0.2) is 15.0 Å². The van der Waals surface area contributed by atoms with Crippen LogP contribution in [0.3, 0.4) is 0 Å². The zero-order valence-electron chi connectivity index (χ0n) is 40.1. The minimum Gasteiger partial charge on any atom is -0.309 e. The fraction of sp³-hybridized carbons (Fsp3) is 0. The van der Waals surface area contributed by atoms with Crippen LogP contribution in [0.15, 0.2) is 267 Å². The molecule has 0 aliphatic heterocycles. The molecule has 14 aromatic rings. The number of hydrogen-bond donors (Lipinski definition) is 0. The maximum absolute atomic E-state index is 5.14. The van der Waals surface area contributed by atoms with E-state index >= 15 is 0 Å². The van der Waals surface area contributed by atoms with Crippen molar-refractivity contribution in [2.24, 2.45) is 0 Å². The highest BCUT2D eigenvalue weighted by atomic mass is 32.1. The Morgan fingerprint density at radius 3 is 1.27 bits per heavy atom. The van der Waals surface area contributed by atoms with Gasteiger partial charge in [-0.15, -0.1) is 11.3 Å². The monoisotopic (exact) mass is 960 g/mol. The van der Waals surface area contributed by atoms with Gasteiger partial charge in [0.05, 0.1) is 11.0 Å². The predicted octanol–water partition coefficient (Wildman–Crippen LogP) is 18.7. The van der Waals surface area contributed by atoms with Crippen molar-refractivity contribution in [1.82, 2.24) is 19.5 Å². The first-order chi connectivity index (χ1) is 36.7. The molecule has 0 saturated heterocycles. The second kappa shape index (κ2) is 18.2. The Hall–Kier alpha value is -9.55. The smallest absolute Gasteiger partial charge is 0.164 e. The predicted molar refractivity (Wildman–Crippen MR) is 311 cm³/mol. The summed E-state index contributed by atoms with van der Waals surface area (Å²) in [6.07, 6.45) is 0. The van der Waals surface area contributed by atoms with Crippen molar-refractivity contribution < 1.29 is 0 Å². The van der Waals surface area contributed by atoms with Crippen LogP contribution in [-0.4, -0.2) is 19.5 Å². The molecule has 0 spiro atoms. The van der Waals surface area contributed by atoms with Gasteiger partial charge in [-0.2, -0.15) is 0 Å². The van der Waals surface area contributed by atoms with Crippen molar-refractivity contribution in [3.8, 4) is 95.5 Å². The highest BCUT2D eigenvalue weighted by Crippen LogP contribution is 2.45. The fourth-order valence-corrected chi connectivity index (χ4v) is 11.9. The van der Waals surface area contributed by atoms with Crippen LogP contribution in [0.1, 0.15) is 0 Å². The maximum Gasteiger partial charge on any atom is 0.164 e. The Labute approximate surface area is 432 Å². The number of para-hydroxylation sites is 1. The van der Waals surface area contributed by atoms with E-state index in [-0.39, 0.29) is 0 Å². The minimum atomic E-state index is 0.614. The number of aromatic nitrogens is 4. The van der Waals surface area contributed by atoms with Crippen LogP contribution >= 0.6 is 11.3 Å². The summed E-state index contributed by atoms with van der Waals surface area (Å²) in [6, 6.07) is 95.4. The van der Waals surface area contributed by atoms with Crippen LogP contribution in [0.5, 0.6) is 0 Å². The first kappa shape index (κ1) is 43.3. The molecule has 346 valence electrons. The number of hydrogen-bond acceptors (Lipinski definition) is 4. The highest BCUT2D eigenvalue weighted by Gasteiger charge is 2.19. The Bertz CT molecular complexity index is 4280. The lowest BCUT2D eigenvalue weighted by atomic mass is 9.89. The van der Waals surface area contributed by atoms with E-state index in [1.165, 1.54) is 75.5 Å². The number of thiophene rings is 1. The Morgan fingerprint density at radius 1 is 0.257 bits per heavy atom. The molecule has 0 aliphatic rings. The summed E-state index contributed by atoms with van der Waals surface area (Å²) in [4.78, 5) is 15.4. The van der Waals surface area contributed by atoms with E-state index in [1.54, 1.807) is 0 Å². The zero-order chi connectivity index (χ0) is 49.0. The molecule has 0 N–H and O–H groups in total. The lowest BCUT2D eigenvalue weighted by Crippen LogP contribution is -2.00. The summed E-state index contributed by atoms with van der Waals surface area (Å²) in [5, 5.41) is 5.01. The summed E-state index contributed by atoms with van der Waals surface area (Å²) in [5.41, 5.74) is 18.0. The van der Waals surface area contributed by atoms with Crippen molar-refractivity contribution in [2.75, 3.05) is 0 Å². The van der Waals surface area contributed by atoms with E-state index in [9.17, 15) is 0 Å². The summed E-state index contributed by atoms with van der Waals surface area (Å²) in [6.45, 7) is 0. The fourth-order valence-electron chi connectivity index (χ4n) is 10.7. The molecule has 3 heterocycles. The van der Waals surface area contributed by atoms with E-state index in [1.807, 2.05) is 23.5 Å². The standard InChI is InChI=1S/C69H44N4S/c1-3-16-45(17-4-1)47-30-34-49(35-31-47)67-70-68(50-36-32-48(33-37-50)46-18-5-2-6-19-46)72-69(71-67)51-38-41-53(42-39-51)73-63-28-13-11-24-58(63)62-44-52(40-43-64(62)73)54-20-7-8-21-55(54)56-22-9-10-23-57(56)60-26-15-27-61-59-25-12-14-29-65(59)74-66(60)61/h1-44H. The molecule has 0 unspecified atom stereocenters. The number of rotatable bonds is 9. The number of fused-ring (bicyclic) bond motifs is 6. The minimum absolute atomic E-state index is 0.614. The second-order valence-electron chi connectivity index (χ2n) is 18.7. The Balaban J connectivity index is 0.840. The van der Waals surface area contributed by atoms with E-state index in [0.29, 0.717) is 17.5 Å². The van der Waals surface area contributed by atoms with Crippen LogP contribution in [0, 0.1) is 0 Å². The maximum atomic E-state index is 5.14. The van der Waals surface area contributed by atoms with Crippen LogP contribution in [-0.2, 0) is 0 Å². The molecule has 0 radical (unpaired) electrons. The largest absolute Gasteiger partial charge is 0.309 e. The molecule has 4 nitrogen and oxygen atoms in total. The first-order valence-corrected chi connectivity index (χ1v) is 25.8. The molecule has 14 rings (SSSR count). The van der Waals surface area contributed by atoms with Gasteiger partial charge in [0.25, 0.3) is 0 Å². The van der Waals surface area contributed by atoms with Crippen molar-refractivity contribution in [1.29, 1.82) is 0 Å². The molecule has 0 bridgehead atoms. The van der Waals surface area contributed by atoms with Crippen LogP contribution in [0.25, 0.3) is 137 Å². The van der Waals surface area contributed by atoms with Gasteiger partial charge >= 0.3 is 0 Å². The molecular formula is C69H44N4S. The van der Waals surface area contributed by atoms with Gasteiger partial charge in [0.1, 0.15) is 0 Å². The third-order valence-corrected chi connectivity index (χ3v) is 15.6. The zero-order valence-corrected chi connectivity index (χ0v) is 40.9. The van der Waals surface area contributed by atoms with Crippen molar-refractivity contribution in [3.63, 3.8) is 0 Å². The lowest BCUT2D eigenvalue weighted by molar-refractivity contribution is 1.07. The third kappa shape index (κ3) is 7.66. The van der Waals surface area contributed by atoms with Crippen LogP contribution < -0.4 is 0 Å². The molecule has 11 aromatic carbocycles. The van der Waals surface area contributed by atoms with Crippen LogP contribution in [0.4, 0.5) is 0 Å². The summed E-state index contributed by atoms with van der Waals surface area (Å²) >= 11 is 1.88. The SMILES string of the molecule is c1ccc(-c2ccc(-c3nc(-c4ccc(-c5ccccc5)cc4)nc(-c4ccc(-n5c6ccccc6c6cc(-c7ccccc7-c7ccccc7-c7cccc8c7sc7ccccc78)ccc65)cc4)n3)cc2)cc1. The summed E-state index contributed by atoms with van der Waals surface area (Å²) in [7, 11) is 0. The van der Waals surface area contributed by atoms with E-state index in [4.69, 9.17) is 15.0 Å². The van der Waals surface area contributed by atoms with Crippen molar-refractivity contribution >= 4 is 53.3 Å². The normalized spacial score (nSPS) is 11.5. The molecule has 0 amide bonds.